The van der Waals surface area contributed by atoms with Crippen molar-refractivity contribution in [2.45, 2.75) is 19.4 Å². The number of aryl methyl sites for hydroxylation is 1. The molecule has 1 aliphatic heterocycles. The number of aliphatic imine (C=N–C) groups is 1. The molecule has 0 fully saturated rings. The van der Waals surface area contributed by atoms with Crippen molar-refractivity contribution in [3.63, 3.8) is 0 Å². The Kier molecular flexibility index (Phi) is 4.20. The molecule has 0 saturated carbocycles. The summed E-state index contributed by atoms with van der Waals surface area (Å²) in [5.41, 5.74) is 8.55. The van der Waals surface area contributed by atoms with E-state index in [0.29, 0.717) is 12.6 Å². The topological polar surface area (TPSA) is 50.8 Å². The Morgan fingerprint density at radius 2 is 2.11 bits per heavy atom. The molecular formula is C14H21N3O. The minimum atomic E-state index is 0.256. The molecule has 0 amide bonds. The summed E-state index contributed by atoms with van der Waals surface area (Å²) in [5.74, 6) is 0.622. The minimum absolute atomic E-state index is 0.256. The first-order chi connectivity index (χ1) is 8.76. The third-order valence-electron chi connectivity index (χ3n) is 3.41. The highest BCUT2D eigenvalue weighted by Crippen LogP contribution is 2.25. The average Bonchev–Trinajstić information content (AvgIpc) is 2.78. The summed E-state index contributed by atoms with van der Waals surface area (Å²) in [7, 11) is 1.70. The van der Waals surface area contributed by atoms with E-state index in [9.17, 15) is 0 Å². The summed E-state index contributed by atoms with van der Waals surface area (Å²) in [6, 6.07) is 8.97. The molecule has 0 radical (unpaired) electrons. The van der Waals surface area contributed by atoms with Gasteiger partial charge in [-0.15, -0.1) is 0 Å². The molecule has 98 valence electrons. The molecule has 4 nitrogen and oxygen atoms in total. The molecule has 1 heterocycles. The van der Waals surface area contributed by atoms with Gasteiger partial charge in [-0.1, -0.05) is 31.2 Å². The predicted octanol–water partition coefficient (Wildman–Crippen LogP) is 1.57. The SMILES string of the molecule is CCc1ccc(C2CN=C(N)N2CCOC)cc1. The van der Waals surface area contributed by atoms with Gasteiger partial charge in [0.1, 0.15) is 0 Å². The Bertz CT molecular complexity index is 414. The maximum absolute atomic E-state index is 5.92. The molecule has 18 heavy (non-hydrogen) atoms. The van der Waals surface area contributed by atoms with Gasteiger partial charge in [0.15, 0.2) is 5.96 Å². The van der Waals surface area contributed by atoms with Crippen LogP contribution in [0, 0.1) is 0 Å². The summed E-state index contributed by atoms with van der Waals surface area (Å²) in [6.45, 7) is 4.35. The van der Waals surface area contributed by atoms with E-state index in [1.807, 2.05) is 0 Å². The number of hydrogen-bond acceptors (Lipinski definition) is 4. The third-order valence-corrected chi connectivity index (χ3v) is 3.41. The van der Waals surface area contributed by atoms with Crippen molar-refractivity contribution in [3.8, 4) is 0 Å². The molecule has 1 aliphatic rings. The van der Waals surface area contributed by atoms with Crippen molar-refractivity contribution in [3.05, 3.63) is 35.4 Å². The Morgan fingerprint density at radius 3 is 2.72 bits per heavy atom. The van der Waals surface area contributed by atoms with Crippen molar-refractivity contribution in [1.82, 2.24) is 4.90 Å². The molecular weight excluding hydrogens is 226 g/mol. The van der Waals surface area contributed by atoms with Crippen molar-refractivity contribution in [2.24, 2.45) is 10.7 Å². The van der Waals surface area contributed by atoms with Crippen LogP contribution in [0.5, 0.6) is 0 Å². The van der Waals surface area contributed by atoms with Gasteiger partial charge in [-0.3, -0.25) is 4.99 Å². The number of benzene rings is 1. The maximum Gasteiger partial charge on any atom is 0.192 e. The molecule has 0 bridgehead atoms. The zero-order valence-corrected chi connectivity index (χ0v) is 11.1. The number of ether oxygens (including phenoxy) is 1. The number of hydrogen-bond donors (Lipinski definition) is 1. The van der Waals surface area contributed by atoms with Gasteiger partial charge in [0.05, 0.1) is 19.2 Å². The molecule has 0 aromatic heterocycles. The number of nitrogens with zero attached hydrogens (tertiary/aromatic N) is 2. The Labute approximate surface area is 108 Å². The maximum atomic E-state index is 5.92. The highest BCUT2D eigenvalue weighted by molar-refractivity contribution is 5.80. The number of rotatable bonds is 5. The van der Waals surface area contributed by atoms with E-state index >= 15 is 0 Å². The Hall–Kier alpha value is -1.55. The molecule has 2 N–H and O–H groups in total. The van der Waals surface area contributed by atoms with Gasteiger partial charge in [0, 0.05) is 13.7 Å². The predicted molar refractivity (Wildman–Crippen MR) is 73.6 cm³/mol. The number of methoxy groups -OCH3 is 1. The van der Waals surface area contributed by atoms with E-state index in [1.54, 1.807) is 7.11 Å². The van der Waals surface area contributed by atoms with Crippen LogP contribution in [0.3, 0.4) is 0 Å². The van der Waals surface area contributed by atoms with Crippen molar-refractivity contribution in [2.75, 3.05) is 26.8 Å². The van der Waals surface area contributed by atoms with Crippen molar-refractivity contribution < 1.29 is 4.74 Å². The van der Waals surface area contributed by atoms with Gasteiger partial charge >= 0.3 is 0 Å². The largest absolute Gasteiger partial charge is 0.383 e. The summed E-state index contributed by atoms with van der Waals surface area (Å²) in [4.78, 5) is 6.45. The molecule has 0 aliphatic carbocycles. The second-order valence-electron chi connectivity index (χ2n) is 4.50. The summed E-state index contributed by atoms with van der Waals surface area (Å²) < 4.78 is 5.12. The number of guanidine groups is 1. The van der Waals surface area contributed by atoms with Crippen LogP contribution < -0.4 is 5.73 Å². The minimum Gasteiger partial charge on any atom is -0.383 e. The molecule has 2 rings (SSSR count). The van der Waals surface area contributed by atoms with E-state index in [-0.39, 0.29) is 6.04 Å². The number of nitrogens with two attached hydrogens (primary N) is 1. The highest BCUT2D eigenvalue weighted by Gasteiger charge is 2.26. The van der Waals surface area contributed by atoms with Crippen LogP contribution in [0.25, 0.3) is 0 Å². The van der Waals surface area contributed by atoms with Crippen LogP contribution in [0.1, 0.15) is 24.1 Å². The molecule has 0 saturated heterocycles. The Morgan fingerprint density at radius 1 is 1.39 bits per heavy atom. The van der Waals surface area contributed by atoms with Crippen LogP contribution in [0.4, 0.5) is 0 Å². The van der Waals surface area contributed by atoms with Crippen LogP contribution in [-0.2, 0) is 11.2 Å². The van der Waals surface area contributed by atoms with Crippen LogP contribution in [0.15, 0.2) is 29.3 Å². The lowest BCUT2D eigenvalue weighted by atomic mass is 10.0. The lowest BCUT2D eigenvalue weighted by molar-refractivity contribution is 0.166. The van der Waals surface area contributed by atoms with Gasteiger partial charge in [-0.2, -0.15) is 0 Å². The monoisotopic (exact) mass is 247 g/mol. The zero-order valence-electron chi connectivity index (χ0n) is 11.1. The van der Waals surface area contributed by atoms with Gasteiger partial charge in [-0.25, -0.2) is 0 Å². The van der Waals surface area contributed by atoms with Gasteiger partial charge in [0.25, 0.3) is 0 Å². The molecule has 0 spiro atoms. The van der Waals surface area contributed by atoms with Crippen LogP contribution >= 0.6 is 0 Å². The van der Waals surface area contributed by atoms with E-state index in [4.69, 9.17) is 10.5 Å². The van der Waals surface area contributed by atoms with E-state index in [2.05, 4.69) is 41.1 Å². The normalized spacial score (nSPS) is 19.1. The molecule has 1 unspecified atom stereocenters. The summed E-state index contributed by atoms with van der Waals surface area (Å²) >= 11 is 0. The fourth-order valence-corrected chi connectivity index (χ4v) is 2.25. The highest BCUT2D eigenvalue weighted by atomic mass is 16.5. The molecule has 1 aromatic carbocycles. The molecule has 1 atom stereocenters. The Balaban J connectivity index is 2.11. The molecule has 1 aromatic rings. The zero-order chi connectivity index (χ0) is 13.0. The lowest BCUT2D eigenvalue weighted by Gasteiger charge is -2.26. The van der Waals surface area contributed by atoms with Gasteiger partial charge in [-0.05, 0) is 17.5 Å². The third kappa shape index (κ3) is 2.64. The van der Waals surface area contributed by atoms with E-state index in [0.717, 1.165) is 19.5 Å². The second kappa shape index (κ2) is 5.87. The fraction of sp³-hybridized carbons (Fsp3) is 0.500. The van der Waals surface area contributed by atoms with E-state index < -0.39 is 0 Å². The van der Waals surface area contributed by atoms with Crippen LogP contribution in [-0.4, -0.2) is 37.7 Å². The van der Waals surface area contributed by atoms with Crippen LogP contribution in [0.2, 0.25) is 0 Å². The van der Waals surface area contributed by atoms with Gasteiger partial charge in [0.2, 0.25) is 0 Å². The fourth-order valence-electron chi connectivity index (χ4n) is 2.25. The van der Waals surface area contributed by atoms with Crippen molar-refractivity contribution >= 4 is 5.96 Å². The smallest absolute Gasteiger partial charge is 0.192 e. The summed E-state index contributed by atoms with van der Waals surface area (Å²) in [5, 5.41) is 0. The summed E-state index contributed by atoms with van der Waals surface area (Å²) in [6.07, 6.45) is 1.07. The molecule has 4 heteroatoms. The first-order valence-electron chi connectivity index (χ1n) is 6.40. The lowest BCUT2D eigenvalue weighted by Crippen LogP contribution is -2.38. The quantitative estimate of drug-likeness (QED) is 0.859. The van der Waals surface area contributed by atoms with Crippen molar-refractivity contribution in [1.29, 1.82) is 0 Å². The average molecular weight is 247 g/mol. The van der Waals surface area contributed by atoms with Gasteiger partial charge < -0.3 is 15.4 Å². The standard InChI is InChI=1S/C14H21N3O/c1-3-11-4-6-12(7-5-11)13-10-16-14(15)17(13)8-9-18-2/h4-7,13H,3,8-10H2,1-2H3,(H2,15,16). The first-order valence-corrected chi connectivity index (χ1v) is 6.40. The first kappa shape index (κ1) is 12.9. The second-order valence-corrected chi connectivity index (χ2v) is 4.50. The van der Waals surface area contributed by atoms with E-state index in [1.165, 1.54) is 11.1 Å².